The van der Waals surface area contributed by atoms with Crippen LogP contribution in [0.15, 0.2) is 0 Å². The number of carboxylic acids is 1. The van der Waals surface area contributed by atoms with Crippen LogP contribution in [0.25, 0.3) is 0 Å². The van der Waals surface area contributed by atoms with Gasteiger partial charge in [0.25, 0.3) is 5.78 Å². The summed E-state index contributed by atoms with van der Waals surface area (Å²) >= 11 is 0. The van der Waals surface area contributed by atoms with Gasteiger partial charge in [-0.15, -0.1) is 0 Å². The van der Waals surface area contributed by atoms with E-state index in [-0.39, 0.29) is 6.42 Å². The third-order valence-electron chi connectivity index (χ3n) is 1.69. The molecule has 0 rings (SSSR count). The fraction of sp³-hybridized carbons (Fsp3) is 0.750. The van der Waals surface area contributed by atoms with Gasteiger partial charge >= 0.3 is 5.97 Å². The maximum absolute atomic E-state index is 10.7. The summed E-state index contributed by atoms with van der Waals surface area (Å²) in [6.45, 7) is 1.91. The Kier molecular flexibility index (Phi) is 4.58. The molecule has 0 aromatic rings. The Hall–Kier alpha value is -0.940. The van der Waals surface area contributed by atoms with Gasteiger partial charge in [-0.3, -0.25) is 4.79 Å². The van der Waals surface area contributed by atoms with Gasteiger partial charge in [-0.1, -0.05) is 19.8 Å². The van der Waals surface area contributed by atoms with Crippen LogP contribution in [0.1, 0.15) is 32.6 Å². The molecule has 0 aliphatic carbocycles. The van der Waals surface area contributed by atoms with E-state index in [0.29, 0.717) is 6.42 Å². The molecule has 0 heterocycles. The van der Waals surface area contributed by atoms with Gasteiger partial charge in [0.15, 0.2) is 0 Å². The van der Waals surface area contributed by atoms with Crippen molar-refractivity contribution in [2.24, 2.45) is 0 Å². The van der Waals surface area contributed by atoms with Crippen molar-refractivity contribution in [2.45, 2.75) is 38.4 Å². The molecule has 5 nitrogen and oxygen atoms in total. The first-order valence-electron chi connectivity index (χ1n) is 4.14. The van der Waals surface area contributed by atoms with Crippen molar-refractivity contribution < 1.29 is 24.9 Å². The fourth-order valence-corrected chi connectivity index (χ4v) is 0.906. The number of Topliss-reactive ketones (excluding diaryl/α,β-unsaturated/α-hetero) is 1. The van der Waals surface area contributed by atoms with Crippen molar-refractivity contribution in [3.8, 4) is 0 Å². The molecule has 3 N–H and O–H groups in total. The number of carbonyl (C=O) groups excluding carboxylic acids is 1. The van der Waals surface area contributed by atoms with Crippen LogP contribution in [-0.4, -0.2) is 32.9 Å². The predicted molar refractivity (Wildman–Crippen MR) is 44.0 cm³/mol. The third kappa shape index (κ3) is 4.00. The average molecular weight is 190 g/mol. The summed E-state index contributed by atoms with van der Waals surface area (Å²) in [5, 5.41) is 26.2. The highest BCUT2D eigenvalue weighted by molar-refractivity contribution is 6.35. The average Bonchev–Trinajstić information content (AvgIpc) is 2.03. The van der Waals surface area contributed by atoms with Gasteiger partial charge in [0, 0.05) is 6.42 Å². The van der Waals surface area contributed by atoms with Crippen LogP contribution in [0.5, 0.6) is 0 Å². The molecule has 0 saturated carbocycles. The van der Waals surface area contributed by atoms with Crippen LogP contribution in [0, 0.1) is 0 Å². The smallest absolute Gasteiger partial charge is 0.378 e. The zero-order chi connectivity index (χ0) is 10.5. The van der Waals surface area contributed by atoms with E-state index in [4.69, 9.17) is 15.3 Å². The highest BCUT2D eigenvalue weighted by atomic mass is 16.5. The van der Waals surface area contributed by atoms with Crippen LogP contribution in [-0.2, 0) is 9.59 Å². The lowest BCUT2D eigenvalue weighted by Gasteiger charge is -2.16. The van der Waals surface area contributed by atoms with Gasteiger partial charge in [0.05, 0.1) is 0 Å². The molecule has 0 amide bonds. The van der Waals surface area contributed by atoms with Gasteiger partial charge < -0.3 is 15.3 Å². The lowest BCUT2D eigenvalue weighted by molar-refractivity contribution is -0.191. The second-order valence-corrected chi connectivity index (χ2v) is 2.91. The van der Waals surface area contributed by atoms with Gasteiger partial charge in [-0.2, -0.15) is 0 Å². The summed E-state index contributed by atoms with van der Waals surface area (Å²) in [6, 6.07) is 0. The molecule has 0 radical (unpaired) electrons. The summed E-state index contributed by atoms with van der Waals surface area (Å²) in [6.07, 6.45) is 1.78. The number of ketones is 1. The molecule has 0 aromatic carbocycles. The quantitative estimate of drug-likeness (QED) is 0.309. The standard InChI is InChI=1S/C8H14O5/c1-2-3-4-5-8(12,13)6(9)7(10)11/h12-13H,2-5H2,1H3,(H,10,11). The van der Waals surface area contributed by atoms with E-state index in [1.165, 1.54) is 0 Å². The summed E-state index contributed by atoms with van der Waals surface area (Å²) < 4.78 is 0. The Morgan fingerprint density at radius 2 is 1.77 bits per heavy atom. The Morgan fingerprint density at radius 1 is 1.23 bits per heavy atom. The van der Waals surface area contributed by atoms with E-state index >= 15 is 0 Å². The summed E-state index contributed by atoms with van der Waals surface area (Å²) in [5.74, 6) is -6.09. The number of rotatable bonds is 6. The molecule has 0 atom stereocenters. The predicted octanol–water partition coefficient (Wildman–Crippen LogP) is -0.0987. The molecular formula is C8H14O5. The topological polar surface area (TPSA) is 94.8 Å². The van der Waals surface area contributed by atoms with Crippen LogP contribution in [0.2, 0.25) is 0 Å². The zero-order valence-electron chi connectivity index (χ0n) is 7.49. The Balaban J connectivity index is 4.06. The summed E-state index contributed by atoms with van der Waals surface area (Å²) in [5.41, 5.74) is 0. The van der Waals surface area contributed by atoms with Crippen LogP contribution >= 0.6 is 0 Å². The number of aliphatic carboxylic acids is 1. The zero-order valence-corrected chi connectivity index (χ0v) is 7.49. The first-order chi connectivity index (χ1) is 5.91. The molecule has 0 saturated heterocycles. The number of hydrogen-bond acceptors (Lipinski definition) is 4. The van der Waals surface area contributed by atoms with Crippen LogP contribution in [0.4, 0.5) is 0 Å². The third-order valence-corrected chi connectivity index (χ3v) is 1.69. The molecular weight excluding hydrogens is 176 g/mol. The van der Waals surface area contributed by atoms with E-state index in [1.807, 2.05) is 6.92 Å². The first-order valence-corrected chi connectivity index (χ1v) is 4.14. The minimum Gasteiger partial charge on any atom is -0.475 e. The second-order valence-electron chi connectivity index (χ2n) is 2.91. The molecule has 0 aliphatic heterocycles. The maximum atomic E-state index is 10.7. The minimum absolute atomic E-state index is 0.230. The van der Waals surface area contributed by atoms with Crippen molar-refractivity contribution >= 4 is 11.8 Å². The highest BCUT2D eigenvalue weighted by Gasteiger charge is 2.37. The van der Waals surface area contributed by atoms with E-state index in [2.05, 4.69) is 0 Å². The van der Waals surface area contributed by atoms with Crippen molar-refractivity contribution in [1.29, 1.82) is 0 Å². The first kappa shape index (κ1) is 12.1. The van der Waals surface area contributed by atoms with Crippen molar-refractivity contribution in [3.05, 3.63) is 0 Å². The normalized spacial score (nSPS) is 11.3. The van der Waals surface area contributed by atoms with Gasteiger partial charge in [0.2, 0.25) is 5.79 Å². The van der Waals surface area contributed by atoms with Crippen molar-refractivity contribution in [1.82, 2.24) is 0 Å². The Morgan fingerprint density at radius 3 is 2.15 bits per heavy atom. The number of unbranched alkanes of at least 4 members (excludes halogenated alkanes) is 2. The van der Waals surface area contributed by atoms with E-state index in [9.17, 15) is 9.59 Å². The fourth-order valence-electron chi connectivity index (χ4n) is 0.906. The summed E-state index contributed by atoms with van der Waals surface area (Å²) in [7, 11) is 0. The highest BCUT2D eigenvalue weighted by Crippen LogP contribution is 2.13. The van der Waals surface area contributed by atoms with Crippen molar-refractivity contribution in [2.75, 3.05) is 0 Å². The lowest BCUT2D eigenvalue weighted by atomic mass is 10.0. The number of hydrogen-bond donors (Lipinski definition) is 3. The Labute approximate surface area is 76.0 Å². The molecule has 5 heteroatoms. The minimum atomic E-state index is -2.71. The molecule has 0 aliphatic rings. The maximum Gasteiger partial charge on any atom is 0.378 e. The largest absolute Gasteiger partial charge is 0.475 e. The lowest BCUT2D eigenvalue weighted by Crippen LogP contribution is -2.42. The Bertz CT molecular complexity index is 197. The number of carboxylic acid groups (broad SMARTS) is 1. The van der Waals surface area contributed by atoms with E-state index in [1.54, 1.807) is 0 Å². The molecule has 0 aromatic heterocycles. The number of carbonyl (C=O) groups is 2. The molecule has 0 spiro atoms. The molecule has 0 bridgehead atoms. The van der Waals surface area contributed by atoms with Gasteiger partial charge in [-0.05, 0) is 6.42 Å². The van der Waals surface area contributed by atoms with E-state index < -0.39 is 17.5 Å². The molecule has 13 heavy (non-hydrogen) atoms. The SMILES string of the molecule is CCCCCC(O)(O)C(=O)C(=O)O. The molecule has 0 unspecified atom stereocenters. The van der Waals surface area contributed by atoms with E-state index in [0.717, 1.165) is 12.8 Å². The molecule has 0 fully saturated rings. The van der Waals surface area contributed by atoms with Crippen molar-refractivity contribution in [3.63, 3.8) is 0 Å². The van der Waals surface area contributed by atoms with Crippen LogP contribution in [0.3, 0.4) is 0 Å². The molecule has 76 valence electrons. The van der Waals surface area contributed by atoms with Gasteiger partial charge in [-0.25, -0.2) is 4.79 Å². The monoisotopic (exact) mass is 190 g/mol. The summed E-state index contributed by atoms with van der Waals surface area (Å²) in [4.78, 5) is 20.8. The number of aliphatic hydroxyl groups is 2. The van der Waals surface area contributed by atoms with Gasteiger partial charge in [0.1, 0.15) is 0 Å². The van der Waals surface area contributed by atoms with Crippen LogP contribution < -0.4 is 0 Å². The second kappa shape index (κ2) is 4.94.